The maximum Gasteiger partial charge on any atom is 0.232 e. The van der Waals surface area contributed by atoms with Crippen LogP contribution in [0, 0.1) is 5.92 Å². The van der Waals surface area contributed by atoms with Crippen molar-refractivity contribution >= 4 is 39.9 Å². The van der Waals surface area contributed by atoms with Crippen LogP contribution in [-0.4, -0.2) is 28.7 Å². The van der Waals surface area contributed by atoms with Crippen LogP contribution in [0.4, 0.5) is 5.13 Å². The lowest BCUT2D eigenvalue weighted by Gasteiger charge is -2.24. The van der Waals surface area contributed by atoms with Gasteiger partial charge in [0.25, 0.3) is 0 Å². The Bertz CT molecular complexity index is 705. The topological polar surface area (TPSA) is 62.3 Å². The van der Waals surface area contributed by atoms with Crippen molar-refractivity contribution in [2.45, 2.75) is 12.5 Å². The van der Waals surface area contributed by atoms with E-state index in [1.807, 2.05) is 12.1 Å². The second kappa shape index (κ2) is 6.06. The number of nitrogens with one attached hydrogen (secondary N) is 1. The van der Waals surface area contributed by atoms with Crippen molar-refractivity contribution in [3.05, 3.63) is 46.4 Å². The zero-order chi connectivity index (χ0) is 15.7. The lowest BCUT2D eigenvalue weighted by molar-refractivity contribution is -0.127. The largest absolute Gasteiger partial charge is 0.338 e. The minimum atomic E-state index is -0.458. The van der Waals surface area contributed by atoms with Crippen LogP contribution < -0.4 is 5.32 Å². The number of hydrogen-bond donors (Lipinski definition) is 1. The second-order valence-corrected chi connectivity index (χ2v) is 6.47. The number of amides is 2. The SMILES string of the molecule is CN1C(=O)CC(C(=O)Nc2nccs2)C1c1cccc(Cl)c1. The molecule has 2 amide bonds. The predicted molar refractivity (Wildman–Crippen MR) is 85.8 cm³/mol. The molecule has 7 heteroatoms. The number of nitrogens with zero attached hydrogens (tertiary/aromatic N) is 2. The first-order valence-electron chi connectivity index (χ1n) is 6.78. The first-order chi connectivity index (χ1) is 10.6. The van der Waals surface area contributed by atoms with Gasteiger partial charge in [0, 0.05) is 30.1 Å². The van der Waals surface area contributed by atoms with Gasteiger partial charge in [-0.15, -0.1) is 11.3 Å². The van der Waals surface area contributed by atoms with Gasteiger partial charge in [-0.1, -0.05) is 23.7 Å². The number of carbonyl (C=O) groups excluding carboxylic acids is 2. The first-order valence-corrected chi connectivity index (χ1v) is 8.03. The molecule has 22 heavy (non-hydrogen) atoms. The van der Waals surface area contributed by atoms with Gasteiger partial charge in [0.1, 0.15) is 0 Å². The van der Waals surface area contributed by atoms with E-state index in [-0.39, 0.29) is 24.3 Å². The molecule has 0 radical (unpaired) electrons. The van der Waals surface area contributed by atoms with E-state index >= 15 is 0 Å². The lowest BCUT2D eigenvalue weighted by Crippen LogP contribution is -2.30. The molecule has 5 nitrogen and oxygen atoms in total. The summed E-state index contributed by atoms with van der Waals surface area (Å²) < 4.78 is 0. The zero-order valence-electron chi connectivity index (χ0n) is 11.8. The van der Waals surface area contributed by atoms with Gasteiger partial charge in [-0.2, -0.15) is 0 Å². The maximum atomic E-state index is 12.5. The number of halogens is 1. The van der Waals surface area contributed by atoms with E-state index in [9.17, 15) is 9.59 Å². The van der Waals surface area contributed by atoms with Gasteiger partial charge in [-0.05, 0) is 17.7 Å². The summed E-state index contributed by atoms with van der Waals surface area (Å²) >= 11 is 7.39. The molecule has 0 spiro atoms. The van der Waals surface area contributed by atoms with Crippen LogP contribution >= 0.6 is 22.9 Å². The minimum absolute atomic E-state index is 0.0516. The van der Waals surface area contributed by atoms with Gasteiger partial charge in [0.2, 0.25) is 11.8 Å². The van der Waals surface area contributed by atoms with Crippen LogP contribution in [0.1, 0.15) is 18.0 Å². The van der Waals surface area contributed by atoms with Gasteiger partial charge in [0.05, 0.1) is 12.0 Å². The first kappa shape index (κ1) is 15.0. The molecule has 1 aromatic heterocycles. The van der Waals surface area contributed by atoms with E-state index in [0.717, 1.165) is 5.56 Å². The molecule has 2 unspecified atom stereocenters. The van der Waals surface area contributed by atoms with Crippen molar-refractivity contribution in [1.29, 1.82) is 0 Å². The van der Waals surface area contributed by atoms with Crippen LogP contribution in [0.25, 0.3) is 0 Å². The van der Waals surface area contributed by atoms with Crippen molar-refractivity contribution in [3.8, 4) is 0 Å². The Hall–Kier alpha value is -1.92. The molecule has 3 rings (SSSR count). The van der Waals surface area contributed by atoms with Gasteiger partial charge in [-0.3, -0.25) is 9.59 Å². The molecule has 1 saturated heterocycles. The van der Waals surface area contributed by atoms with Gasteiger partial charge in [0.15, 0.2) is 5.13 Å². The average molecular weight is 336 g/mol. The van der Waals surface area contributed by atoms with E-state index < -0.39 is 5.92 Å². The van der Waals surface area contributed by atoms with Gasteiger partial charge < -0.3 is 10.2 Å². The average Bonchev–Trinajstić information content (AvgIpc) is 3.08. The van der Waals surface area contributed by atoms with Crippen LogP contribution in [0.3, 0.4) is 0 Å². The molecule has 1 fully saturated rings. The minimum Gasteiger partial charge on any atom is -0.338 e. The molecule has 114 valence electrons. The van der Waals surface area contributed by atoms with E-state index in [2.05, 4.69) is 10.3 Å². The zero-order valence-corrected chi connectivity index (χ0v) is 13.4. The number of thiazole rings is 1. The Morgan fingerprint density at radius 1 is 1.50 bits per heavy atom. The molecular weight excluding hydrogens is 322 g/mol. The number of rotatable bonds is 3. The summed E-state index contributed by atoms with van der Waals surface area (Å²) in [5, 5.41) is 5.69. The van der Waals surface area contributed by atoms with Crippen LogP contribution in [-0.2, 0) is 9.59 Å². The molecule has 0 bridgehead atoms. The quantitative estimate of drug-likeness (QED) is 0.938. The maximum absolute atomic E-state index is 12.5. The van der Waals surface area contributed by atoms with Gasteiger partial charge in [-0.25, -0.2) is 4.98 Å². The van der Waals surface area contributed by atoms with Crippen molar-refractivity contribution in [3.63, 3.8) is 0 Å². The van der Waals surface area contributed by atoms with E-state index in [1.54, 1.807) is 35.7 Å². The number of aromatic nitrogens is 1. The molecule has 2 atom stereocenters. The summed E-state index contributed by atoms with van der Waals surface area (Å²) in [4.78, 5) is 30.2. The Morgan fingerprint density at radius 3 is 3.00 bits per heavy atom. The van der Waals surface area contributed by atoms with E-state index in [4.69, 9.17) is 11.6 Å². The summed E-state index contributed by atoms with van der Waals surface area (Å²) in [6.45, 7) is 0. The van der Waals surface area contributed by atoms with Crippen LogP contribution in [0.15, 0.2) is 35.8 Å². The smallest absolute Gasteiger partial charge is 0.232 e. The number of anilines is 1. The number of likely N-dealkylation sites (tertiary alicyclic amines) is 1. The summed E-state index contributed by atoms with van der Waals surface area (Å²) in [6.07, 6.45) is 1.81. The van der Waals surface area contributed by atoms with Crippen molar-refractivity contribution in [2.24, 2.45) is 5.92 Å². The van der Waals surface area contributed by atoms with Crippen molar-refractivity contribution in [1.82, 2.24) is 9.88 Å². The van der Waals surface area contributed by atoms with Crippen LogP contribution in [0.5, 0.6) is 0 Å². The summed E-state index contributed by atoms with van der Waals surface area (Å²) in [5.74, 6) is -0.707. The molecule has 1 aliphatic heterocycles. The summed E-state index contributed by atoms with van der Waals surface area (Å²) in [7, 11) is 1.71. The Kier molecular flexibility index (Phi) is 4.13. The third-order valence-corrected chi connectivity index (χ3v) is 4.70. The fraction of sp³-hybridized carbons (Fsp3) is 0.267. The molecule has 1 N–H and O–H groups in total. The Balaban J connectivity index is 1.88. The Morgan fingerprint density at radius 2 is 2.32 bits per heavy atom. The molecule has 1 aliphatic rings. The molecule has 1 aromatic carbocycles. The highest BCUT2D eigenvalue weighted by atomic mass is 35.5. The lowest BCUT2D eigenvalue weighted by atomic mass is 9.93. The second-order valence-electron chi connectivity index (χ2n) is 5.14. The molecule has 2 heterocycles. The molecule has 0 aliphatic carbocycles. The fourth-order valence-corrected chi connectivity index (χ4v) is 3.47. The molecular formula is C15H14ClN3O2S. The van der Waals surface area contributed by atoms with Crippen molar-refractivity contribution < 1.29 is 9.59 Å². The van der Waals surface area contributed by atoms with Crippen molar-refractivity contribution in [2.75, 3.05) is 12.4 Å². The summed E-state index contributed by atoms with van der Waals surface area (Å²) in [6, 6.07) is 6.96. The molecule has 2 aromatic rings. The highest BCUT2D eigenvalue weighted by molar-refractivity contribution is 7.13. The monoisotopic (exact) mass is 335 g/mol. The highest BCUT2D eigenvalue weighted by Crippen LogP contribution is 2.38. The third kappa shape index (κ3) is 2.84. The van der Waals surface area contributed by atoms with Gasteiger partial charge >= 0.3 is 0 Å². The number of hydrogen-bond acceptors (Lipinski definition) is 4. The predicted octanol–water partition coefficient (Wildman–Crippen LogP) is 2.95. The fourth-order valence-electron chi connectivity index (χ4n) is 2.73. The molecule has 0 saturated carbocycles. The normalized spacial score (nSPS) is 21.2. The standard InChI is InChI=1S/C15H14ClN3O2S/c1-19-12(20)8-11(14(21)18-15-17-5-6-22-15)13(19)9-3-2-4-10(16)7-9/h2-7,11,13H,8H2,1H3,(H,17,18,21). The van der Waals surface area contributed by atoms with E-state index in [0.29, 0.717) is 10.2 Å². The summed E-state index contributed by atoms with van der Waals surface area (Å²) in [5.41, 5.74) is 0.861. The Labute approximate surface area is 136 Å². The van der Waals surface area contributed by atoms with E-state index in [1.165, 1.54) is 11.3 Å². The third-order valence-electron chi connectivity index (χ3n) is 3.78. The van der Waals surface area contributed by atoms with Crippen LogP contribution in [0.2, 0.25) is 5.02 Å². The highest BCUT2D eigenvalue weighted by Gasteiger charge is 2.42. The number of benzene rings is 1. The number of carbonyl (C=O) groups is 2.